The van der Waals surface area contributed by atoms with Crippen LogP contribution in [0.4, 0.5) is 9.39 Å². The molecule has 2 aromatic rings. The number of nitrogen functional groups attached to an aromatic ring is 1. The van der Waals surface area contributed by atoms with Crippen LogP contribution in [0.1, 0.15) is 0 Å². The van der Waals surface area contributed by atoms with Crippen molar-refractivity contribution in [3.63, 3.8) is 0 Å². The summed E-state index contributed by atoms with van der Waals surface area (Å²) in [7, 11) is 0. The highest BCUT2D eigenvalue weighted by molar-refractivity contribution is 7.11. The molecule has 0 aliphatic rings. The third-order valence-corrected chi connectivity index (χ3v) is 2.95. The number of halogens is 2. The van der Waals surface area contributed by atoms with Crippen molar-refractivity contribution in [1.29, 1.82) is 0 Å². The molecule has 0 radical (unpaired) electrons. The zero-order valence-corrected chi connectivity index (χ0v) is 8.57. The van der Waals surface area contributed by atoms with Gasteiger partial charge in [0.15, 0.2) is 0 Å². The lowest BCUT2D eigenvalue weighted by atomic mass is 10.1. The standard InChI is InChI=1S/C9H6ClFN2S/c10-7-8(13-14-9(7)12)5-1-3-6(11)4-2-5/h1-4H,12H2. The van der Waals surface area contributed by atoms with Crippen LogP contribution in [0.25, 0.3) is 11.3 Å². The second kappa shape index (κ2) is 3.55. The molecule has 0 saturated heterocycles. The van der Waals surface area contributed by atoms with E-state index in [1.165, 1.54) is 12.1 Å². The summed E-state index contributed by atoms with van der Waals surface area (Å²) in [5.74, 6) is -0.284. The van der Waals surface area contributed by atoms with Crippen molar-refractivity contribution in [3.05, 3.63) is 35.1 Å². The molecule has 0 atom stereocenters. The van der Waals surface area contributed by atoms with E-state index in [2.05, 4.69) is 4.37 Å². The maximum atomic E-state index is 12.6. The number of nitrogens with zero attached hydrogens (tertiary/aromatic N) is 1. The van der Waals surface area contributed by atoms with Crippen molar-refractivity contribution in [2.75, 3.05) is 5.73 Å². The van der Waals surface area contributed by atoms with Crippen molar-refractivity contribution in [2.45, 2.75) is 0 Å². The summed E-state index contributed by atoms with van der Waals surface area (Å²) in [6.45, 7) is 0. The fraction of sp³-hybridized carbons (Fsp3) is 0. The van der Waals surface area contributed by atoms with Crippen LogP contribution in [0.3, 0.4) is 0 Å². The molecule has 14 heavy (non-hydrogen) atoms. The van der Waals surface area contributed by atoms with Crippen LogP contribution >= 0.6 is 23.1 Å². The third-order valence-electron chi connectivity index (χ3n) is 1.78. The summed E-state index contributed by atoms with van der Waals surface area (Å²) >= 11 is 7.04. The van der Waals surface area contributed by atoms with E-state index < -0.39 is 0 Å². The number of anilines is 1. The van der Waals surface area contributed by atoms with E-state index in [4.69, 9.17) is 17.3 Å². The SMILES string of the molecule is Nc1snc(-c2ccc(F)cc2)c1Cl. The number of hydrogen-bond donors (Lipinski definition) is 1. The van der Waals surface area contributed by atoms with Crippen LogP contribution in [-0.4, -0.2) is 4.37 Å². The Morgan fingerprint density at radius 2 is 1.93 bits per heavy atom. The van der Waals surface area contributed by atoms with Gasteiger partial charge < -0.3 is 5.73 Å². The lowest BCUT2D eigenvalue weighted by molar-refractivity contribution is 0.628. The molecule has 0 unspecified atom stereocenters. The molecule has 2 N–H and O–H groups in total. The van der Waals surface area contributed by atoms with Gasteiger partial charge in [-0.1, -0.05) is 11.6 Å². The van der Waals surface area contributed by atoms with Gasteiger partial charge in [-0.25, -0.2) is 4.39 Å². The van der Waals surface area contributed by atoms with Crippen LogP contribution < -0.4 is 5.73 Å². The topological polar surface area (TPSA) is 38.9 Å². The quantitative estimate of drug-likeness (QED) is 0.814. The molecule has 72 valence electrons. The lowest BCUT2D eigenvalue weighted by Gasteiger charge is -1.96. The van der Waals surface area contributed by atoms with Gasteiger partial charge in [0.2, 0.25) is 0 Å². The Bertz CT molecular complexity index is 452. The normalized spacial score (nSPS) is 10.4. The van der Waals surface area contributed by atoms with E-state index in [0.717, 1.165) is 17.1 Å². The van der Waals surface area contributed by atoms with E-state index in [1.807, 2.05) is 0 Å². The van der Waals surface area contributed by atoms with Gasteiger partial charge in [-0.2, -0.15) is 4.37 Å². The van der Waals surface area contributed by atoms with Gasteiger partial charge in [-0.3, -0.25) is 0 Å². The Morgan fingerprint density at radius 3 is 2.43 bits per heavy atom. The number of rotatable bonds is 1. The molecule has 0 bridgehead atoms. The van der Waals surface area contributed by atoms with E-state index in [1.54, 1.807) is 12.1 Å². The van der Waals surface area contributed by atoms with Crippen LogP contribution in [0.2, 0.25) is 5.02 Å². The van der Waals surface area contributed by atoms with Gasteiger partial charge in [0, 0.05) is 5.56 Å². The molecule has 1 aromatic carbocycles. The Kier molecular flexibility index (Phi) is 2.39. The highest BCUT2D eigenvalue weighted by Crippen LogP contribution is 2.34. The first-order valence-electron chi connectivity index (χ1n) is 3.85. The molecule has 2 nitrogen and oxygen atoms in total. The fourth-order valence-electron chi connectivity index (χ4n) is 1.08. The number of hydrogen-bond acceptors (Lipinski definition) is 3. The van der Waals surface area contributed by atoms with Crippen LogP contribution in [-0.2, 0) is 0 Å². The van der Waals surface area contributed by atoms with Crippen molar-refractivity contribution in [2.24, 2.45) is 0 Å². The van der Waals surface area contributed by atoms with Gasteiger partial charge in [-0.15, -0.1) is 0 Å². The monoisotopic (exact) mass is 228 g/mol. The number of aromatic nitrogens is 1. The summed E-state index contributed by atoms with van der Waals surface area (Å²) in [6.07, 6.45) is 0. The minimum Gasteiger partial charge on any atom is -0.388 e. The highest BCUT2D eigenvalue weighted by Gasteiger charge is 2.10. The van der Waals surface area contributed by atoms with Gasteiger partial charge in [0.05, 0.1) is 0 Å². The first kappa shape index (κ1) is 9.43. The van der Waals surface area contributed by atoms with E-state index in [0.29, 0.717) is 15.7 Å². The molecule has 5 heteroatoms. The summed E-state index contributed by atoms with van der Waals surface area (Å²) in [5.41, 5.74) is 6.93. The smallest absolute Gasteiger partial charge is 0.126 e. The van der Waals surface area contributed by atoms with Crippen LogP contribution in [0, 0.1) is 5.82 Å². The predicted octanol–water partition coefficient (Wildman–Crippen LogP) is 3.18. The zero-order chi connectivity index (χ0) is 10.1. The molecule has 0 saturated carbocycles. The van der Waals surface area contributed by atoms with Crippen LogP contribution in [0.5, 0.6) is 0 Å². The minimum atomic E-state index is -0.284. The molecule has 0 spiro atoms. The average molecular weight is 229 g/mol. The van der Waals surface area contributed by atoms with Gasteiger partial charge in [-0.05, 0) is 35.8 Å². The Balaban J connectivity index is 2.49. The molecule has 0 fully saturated rings. The van der Waals surface area contributed by atoms with Crippen molar-refractivity contribution in [1.82, 2.24) is 4.37 Å². The van der Waals surface area contributed by atoms with Crippen molar-refractivity contribution < 1.29 is 4.39 Å². The van der Waals surface area contributed by atoms with Crippen molar-refractivity contribution in [3.8, 4) is 11.3 Å². The molecule has 1 heterocycles. The number of benzene rings is 1. The van der Waals surface area contributed by atoms with E-state index >= 15 is 0 Å². The summed E-state index contributed by atoms with van der Waals surface area (Å²) in [4.78, 5) is 0. The lowest BCUT2D eigenvalue weighted by Crippen LogP contribution is -1.81. The Hall–Kier alpha value is -1.13. The van der Waals surface area contributed by atoms with E-state index in [9.17, 15) is 4.39 Å². The van der Waals surface area contributed by atoms with Gasteiger partial charge in [0.25, 0.3) is 0 Å². The molecule has 1 aromatic heterocycles. The maximum absolute atomic E-state index is 12.6. The summed E-state index contributed by atoms with van der Waals surface area (Å²) < 4.78 is 16.7. The van der Waals surface area contributed by atoms with Crippen LogP contribution in [0.15, 0.2) is 24.3 Å². The maximum Gasteiger partial charge on any atom is 0.126 e. The van der Waals surface area contributed by atoms with E-state index in [-0.39, 0.29) is 5.82 Å². The fourth-order valence-corrected chi connectivity index (χ4v) is 1.95. The molecular weight excluding hydrogens is 223 g/mol. The minimum absolute atomic E-state index is 0.284. The summed E-state index contributed by atoms with van der Waals surface area (Å²) in [5, 5.41) is 0.910. The molecule has 2 rings (SSSR count). The first-order valence-corrected chi connectivity index (χ1v) is 5.00. The summed E-state index contributed by atoms with van der Waals surface area (Å²) in [6, 6.07) is 5.97. The van der Waals surface area contributed by atoms with Crippen molar-refractivity contribution >= 4 is 28.1 Å². The predicted molar refractivity (Wildman–Crippen MR) is 56.9 cm³/mol. The average Bonchev–Trinajstić information content (AvgIpc) is 2.50. The molecular formula is C9H6ClFN2S. The highest BCUT2D eigenvalue weighted by atomic mass is 35.5. The molecule has 0 aliphatic carbocycles. The molecule has 0 amide bonds. The zero-order valence-electron chi connectivity index (χ0n) is 7.00. The second-order valence-corrected chi connectivity index (χ2v) is 3.90. The second-order valence-electron chi connectivity index (χ2n) is 2.72. The number of nitrogens with two attached hydrogens (primary N) is 1. The van der Waals surface area contributed by atoms with Gasteiger partial charge >= 0.3 is 0 Å². The Labute approximate surface area is 89.3 Å². The largest absolute Gasteiger partial charge is 0.388 e. The first-order chi connectivity index (χ1) is 6.68. The Morgan fingerprint density at radius 1 is 1.29 bits per heavy atom. The third kappa shape index (κ3) is 1.58. The molecule has 0 aliphatic heterocycles. The van der Waals surface area contributed by atoms with Gasteiger partial charge in [0.1, 0.15) is 21.5 Å².